The first-order chi connectivity index (χ1) is 8.02. The highest BCUT2D eigenvalue weighted by Crippen LogP contribution is 2.08. The highest BCUT2D eigenvalue weighted by molar-refractivity contribution is 5.83. The highest BCUT2D eigenvalue weighted by Gasteiger charge is 2.24. The number of rotatable bonds is 9. The number of nitrogens with one attached hydrogen (secondary N) is 1. The zero-order valence-electron chi connectivity index (χ0n) is 10.9. The Morgan fingerprint density at radius 1 is 1.29 bits per heavy atom. The minimum atomic E-state index is -0.984. The van der Waals surface area contributed by atoms with Gasteiger partial charge >= 0.3 is 5.97 Å². The third-order valence-electron chi connectivity index (χ3n) is 2.62. The maximum absolute atomic E-state index is 11.5. The van der Waals surface area contributed by atoms with Crippen LogP contribution in [0.2, 0.25) is 0 Å². The molecule has 1 amide bonds. The number of aliphatic carboxylic acids is 1. The lowest BCUT2D eigenvalue weighted by Crippen LogP contribution is -2.45. The Hall–Kier alpha value is -1.10. The van der Waals surface area contributed by atoms with Crippen molar-refractivity contribution >= 4 is 11.9 Å². The monoisotopic (exact) mass is 245 g/mol. The van der Waals surface area contributed by atoms with E-state index >= 15 is 0 Å². The summed E-state index contributed by atoms with van der Waals surface area (Å²) in [6.07, 6.45) is 1.83. The van der Waals surface area contributed by atoms with Crippen LogP contribution in [0.4, 0.5) is 0 Å². The van der Waals surface area contributed by atoms with Crippen molar-refractivity contribution in [2.45, 2.75) is 46.1 Å². The average molecular weight is 245 g/mol. The number of carbonyl (C=O) groups excluding carboxylic acids is 1. The van der Waals surface area contributed by atoms with Crippen molar-refractivity contribution in [3.05, 3.63) is 0 Å². The molecule has 0 radical (unpaired) electrons. The molecule has 0 aromatic carbocycles. The van der Waals surface area contributed by atoms with Gasteiger partial charge in [0, 0.05) is 13.0 Å². The van der Waals surface area contributed by atoms with Gasteiger partial charge in [-0.3, -0.25) is 4.79 Å². The van der Waals surface area contributed by atoms with Gasteiger partial charge in [-0.25, -0.2) is 4.79 Å². The van der Waals surface area contributed by atoms with Crippen LogP contribution < -0.4 is 5.32 Å². The van der Waals surface area contributed by atoms with Gasteiger partial charge in [0.1, 0.15) is 6.04 Å². The standard InChI is InChI=1S/C12H23NO4/c1-4-7-17-8-6-10(14)13-11(12(15)16)9(3)5-2/h9,11H,4-8H2,1-3H3,(H,13,14)(H,15,16). The minimum absolute atomic E-state index is 0.0759. The second kappa shape index (κ2) is 8.98. The Balaban J connectivity index is 4.00. The normalized spacial score (nSPS) is 14.1. The molecule has 2 atom stereocenters. The highest BCUT2D eigenvalue weighted by atomic mass is 16.5. The Bertz CT molecular complexity index is 243. The van der Waals surface area contributed by atoms with E-state index in [-0.39, 0.29) is 18.2 Å². The molecule has 0 bridgehead atoms. The molecule has 5 nitrogen and oxygen atoms in total. The first-order valence-electron chi connectivity index (χ1n) is 6.12. The van der Waals surface area contributed by atoms with Crippen molar-refractivity contribution in [2.75, 3.05) is 13.2 Å². The van der Waals surface area contributed by atoms with Crippen molar-refractivity contribution in [1.82, 2.24) is 5.32 Å². The maximum Gasteiger partial charge on any atom is 0.326 e. The average Bonchev–Trinajstić information content (AvgIpc) is 2.30. The summed E-state index contributed by atoms with van der Waals surface area (Å²) in [7, 11) is 0. The fourth-order valence-electron chi connectivity index (χ4n) is 1.34. The molecule has 0 saturated carbocycles. The van der Waals surface area contributed by atoms with E-state index in [0.29, 0.717) is 19.6 Å². The van der Waals surface area contributed by atoms with Gasteiger partial charge in [0.05, 0.1) is 6.61 Å². The van der Waals surface area contributed by atoms with Crippen molar-refractivity contribution in [3.63, 3.8) is 0 Å². The van der Waals surface area contributed by atoms with Crippen LogP contribution in [0, 0.1) is 5.92 Å². The van der Waals surface area contributed by atoms with Gasteiger partial charge in [0.15, 0.2) is 0 Å². The number of ether oxygens (including phenoxy) is 1. The summed E-state index contributed by atoms with van der Waals surface area (Å²) in [4.78, 5) is 22.5. The number of carboxylic acids is 1. The van der Waals surface area contributed by atoms with Gasteiger partial charge in [-0.1, -0.05) is 27.2 Å². The number of hydrogen-bond donors (Lipinski definition) is 2. The van der Waals surface area contributed by atoms with Crippen molar-refractivity contribution in [1.29, 1.82) is 0 Å². The molecular weight excluding hydrogens is 222 g/mol. The van der Waals surface area contributed by atoms with E-state index in [2.05, 4.69) is 5.32 Å². The van der Waals surface area contributed by atoms with Crippen LogP contribution in [0.15, 0.2) is 0 Å². The molecule has 2 N–H and O–H groups in total. The van der Waals surface area contributed by atoms with E-state index in [4.69, 9.17) is 9.84 Å². The molecule has 17 heavy (non-hydrogen) atoms. The fraction of sp³-hybridized carbons (Fsp3) is 0.833. The lowest BCUT2D eigenvalue weighted by Gasteiger charge is -2.20. The third-order valence-corrected chi connectivity index (χ3v) is 2.62. The summed E-state index contributed by atoms with van der Waals surface area (Å²) in [5, 5.41) is 11.5. The molecule has 0 saturated heterocycles. The second-order valence-corrected chi connectivity index (χ2v) is 4.13. The molecule has 0 aromatic heterocycles. The first kappa shape index (κ1) is 15.9. The van der Waals surface area contributed by atoms with Crippen LogP contribution in [0.3, 0.4) is 0 Å². The SMILES string of the molecule is CCCOCCC(=O)NC(C(=O)O)C(C)CC. The van der Waals surface area contributed by atoms with Gasteiger partial charge in [-0.05, 0) is 12.3 Å². The first-order valence-corrected chi connectivity index (χ1v) is 6.12. The van der Waals surface area contributed by atoms with Crippen molar-refractivity contribution in [3.8, 4) is 0 Å². The second-order valence-electron chi connectivity index (χ2n) is 4.13. The lowest BCUT2D eigenvalue weighted by atomic mass is 9.99. The summed E-state index contributed by atoms with van der Waals surface area (Å²) >= 11 is 0. The molecule has 0 rings (SSSR count). The van der Waals surface area contributed by atoms with Crippen LogP contribution in [-0.4, -0.2) is 36.2 Å². The smallest absolute Gasteiger partial charge is 0.326 e. The predicted octanol–water partition coefficient (Wildman–Crippen LogP) is 1.42. The fourth-order valence-corrected chi connectivity index (χ4v) is 1.34. The molecule has 100 valence electrons. The molecule has 0 spiro atoms. The van der Waals surface area contributed by atoms with Crippen LogP contribution >= 0.6 is 0 Å². The minimum Gasteiger partial charge on any atom is -0.480 e. The summed E-state index contributed by atoms with van der Waals surface area (Å²) in [6, 6.07) is -0.807. The quantitative estimate of drug-likeness (QED) is 0.602. The molecule has 0 aliphatic carbocycles. The van der Waals surface area contributed by atoms with E-state index in [1.807, 2.05) is 20.8 Å². The van der Waals surface area contributed by atoms with Crippen LogP contribution in [0.5, 0.6) is 0 Å². The summed E-state index contributed by atoms with van der Waals surface area (Å²) in [5.41, 5.74) is 0. The Kier molecular flexibility index (Phi) is 8.40. The Labute approximate surface area is 103 Å². The number of carbonyl (C=O) groups is 2. The molecule has 0 fully saturated rings. The van der Waals surface area contributed by atoms with E-state index < -0.39 is 12.0 Å². The molecule has 0 aliphatic heterocycles. The van der Waals surface area contributed by atoms with E-state index in [1.165, 1.54) is 0 Å². The van der Waals surface area contributed by atoms with Crippen LogP contribution in [0.25, 0.3) is 0 Å². The summed E-state index contributed by atoms with van der Waals surface area (Å²) < 4.78 is 5.17. The Morgan fingerprint density at radius 2 is 1.94 bits per heavy atom. The van der Waals surface area contributed by atoms with Gasteiger partial charge in [0.2, 0.25) is 5.91 Å². The van der Waals surface area contributed by atoms with Gasteiger partial charge < -0.3 is 15.2 Å². The topological polar surface area (TPSA) is 75.6 Å². The molecular formula is C12H23NO4. The molecule has 0 heterocycles. The van der Waals surface area contributed by atoms with Crippen molar-refractivity contribution < 1.29 is 19.4 Å². The maximum atomic E-state index is 11.5. The van der Waals surface area contributed by atoms with E-state index in [1.54, 1.807) is 0 Å². The third kappa shape index (κ3) is 6.94. The molecule has 5 heteroatoms. The van der Waals surface area contributed by atoms with Gasteiger partial charge in [-0.15, -0.1) is 0 Å². The summed E-state index contributed by atoms with van der Waals surface area (Å²) in [5.74, 6) is -1.33. The number of carboxylic acid groups (broad SMARTS) is 1. The van der Waals surface area contributed by atoms with Gasteiger partial charge in [0.25, 0.3) is 0 Å². The van der Waals surface area contributed by atoms with Crippen molar-refractivity contribution in [2.24, 2.45) is 5.92 Å². The molecule has 0 aliphatic rings. The zero-order valence-corrected chi connectivity index (χ0v) is 10.9. The largest absolute Gasteiger partial charge is 0.480 e. The number of amides is 1. The number of hydrogen-bond acceptors (Lipinski definition) is 3. The Morgan fingerprint density at radius 3 is 2.41 bits per heavy atom. The zero-order chi connectivity index (χ0) is 13.3. The molecule has 2 unspecified atom stereocenters. The predicted molar refractivity (Wildman–Crippen MR) is 64.7 cm³/mol. The van der Waals surface area contributed by atoms with Crippen LogP contribution in [-0.2, 0) is 14.3 Å². The van der Waals surface area contributed by atoms with E-state index in [9.17, 15) is 9.59 Å². The van der Waals surface area contributed by atoms with E-state index in [0.717, 1.165) is 6.42 Å². The van der Waals surface area contributed by atoms with Gasteiger partial charge in [-0.2, -0.15) is 0 Å². The molecule has 0 aromatic rings. The summed E-state index contributed by atoms with van der Waals surface area (Å²) in [6.45, 7) is 6.67. The lowest BCUT2D eigenvalue weighted by molar-refractivity contribution is -0.143. The van der Waals surface area contributed by atoms with Crippen LogP contribution in [0.1, 0.15) is 40.0 Å².